The molecule has 4 nitrogen and oxygen atoms in total. The second-order valence-electron chi connectivity index (χ2n) is 2.16. The number of nitrogens with one attached hydrogen (secondary N) is 2. The van der Waals surface area contributed by atoms with Crippen LogP contribution in [0.1, 0.15) is 10.4 Å². The maximum atomic E-state index is 10.2. The molecule has 70 valence electrons. The predicted molar refractivity (Wildman–Crippen MR) is 54.3 cm³/mol. The number of carbonyl (C=O) groups is 1. The summed E-state index contributed by atoms with van der Waals surface area (Å²) < 4.78 is 0. The van der Waals surface area contributed by atoms with Crippen LogP contribution in [0.2, 0.25) is 0 Å². The van der Waals surface area contributed by atoms with Gasteiger partial charge in [-0.2, -0.15) is 0 Å². The van der Waals surface area contributed by atoms with Crippen LogP contribution in [0.3, 0.4) is 0 Å². The van der Waals surface area contributed by atoms with Crippen LogP contribution >= 0.6 is 0 Å². The second kappa shape index (κ2) is 6.84. The van der Waals surface area contributed by atoms with E-state index in [4.69, 9.17) is 5.41 Å². The van der Waals surface area contributed by atoms with Gasteiger partial charge in [-0.25, -0.2) is 0 Å². The van der Waals surface area contributed by atoms with Crippen molar-refractivity contribution in [3.05, 3.63) is 29.8 Å². The van der Waals surface area contributed by atoms with Gasteiger partial charge in [-0.3, -0.25) is 10.2 Å². The largest absolute Gasteiger partial charge is 0.390 e. The average molecular weight is 179 g/mol. The molecule has 1 aromatic rings. The van der Waals surface area contributed by atoms with Gasteiger partial charge in [0.2, 0.25) is 0 Å². The van der Waals surface area contributed by atoms with Crippen molar-refractivity contribution in [2.24, 2.45) is 5.73 Å². The molecule has 0 aromatic heterocycles. The highest BCUT2D eigenvalue weighted by molar-refractivity contribution is 5.75. The summed E-state index contributed by atoms with van der Waals surface area (Å²) in [5.74, 6) is 0. The first kappa shape index (κ1) is 11.2. The Morgan fingerprint density at radius 2 is 1.85 bits per heavy atom. The molecule has 13 heavy (non-hydrogen) atoms. The van der Waals surface area contributed by atoms with Crippen LogP contribution in [0.4, 0.5) is 5.69 Å². The van der Waals surface area contributed by atoms with E-state index in [1.807, 2.05) is 19.2 Å². The summed E-state index contributed by atoms with van der Waals surface area (Å²) in [6.07, 6.45) is 1.58. The molecule has 0 amide bonds. The number of carbonyl (C=O) groups excluding carboxylic acids is 1. The first-order valence-electron chi connectivity index (χ1n) is 3.72. The molecule has 4 heteroatoms. The molecular weight excluding hydrogens is 166 g/mol. The highest BCUT2D eigenvalue weighted by Crippen LogP contribution is 2.05. The summed E-state index contributed by atoms with van der Waals surface area (Å²) in [6, 6.07) is 7.28. The molecule has 0 atom stereocenters. The Hall–Kier alpha value is -1.84. The maximum absolute atomic E-state index is 10.2. The van der Waals surface area contributed by atoms with E-state index in [1.54, 1.807) is 12.1 Å². The Labute approximate surface area is 77.3 Å². The van der Waals surface area contributed by atoms with Crippen molar-refractivity contribution in [3.63, 3.8) is 0 Å². The Balaban J connectivity index is 0.000000424. The van der Waals surface area contributed by atoms with Gasteiger partial charge in [-0.05, 0) is 24.3 Å². The molecule has 4 N–H and O–H groups in total. The van der Waals surface area contributed by atoms with Crippen LogP contribution in [0.25, 0.3) is 0 Å². The topological polar surface area (TPSA) is 79.0 Å². The van der Waals surface area contributed by atoms with Crippen molar-refractivity contribution in [1.29, 1.82) is 5.41 Å². The van der Waals surface area contributed by atoms with Gasteiger partial charge < -0.3 is 11.1 Å². The lowest BCUT2D eigenvalue weighted by Gasteiger charge is -1.97. The molecule has 0 radical (unpaired) electrons. The third-order valence-corrected chi connectivity index (χ3v) is 1.34. The van der Waals surface area contributed by atoms with E-state index in [2.05, 4.69) is 11.1 Å². The minimum absolute atomic E-state index is 0.707. The van der Waals surface area contributed by atoms with Crippen LogP contribution in [-0.4, -0.2) is 19.7 Å². The molecule has 0 saturated heterocycles. The first-order chi connectivity index (χ1) is 6.28. The van der Waals surface area contributed by atoms with E-state index < -0.39 is 0 Å². The average Bonchev–Trinajstić information content (AvgIpc) is 2.19. The summed E-state index contributed by atoms with van der Waals surface area (Å²) in [7, 11) is 1.84. The maximum Gasteiger partial charge on any atom is 0.150 e. The zero-order valence-electron chi connectivity index (χ0n) is 7.45. The Kier molecular flexibility index (Phi) is 5.88. The van der Waals surface area contributed by atoms with Crippen molar-refractivity contribution < 1.29 is 4.79 Å². The number of rotatable bonds is 2. The number of nitrogens with two attached hydrogens (primary N) is 1. The van der Waals surface area contributed by atoms with Crippen LogP contribution in [-0.2, 0) is 0 Å². The number of aldehydes is 1. The van der Waals surface area contributed by atoms with E-state index in [9.17, 15) is 4.79 Å². The molecule has 0 saturated carbocycles. The summed E-state index contributed by atoms with van der Waals surface area (Å²) >= 11 is 0. The number of anilines is 1. The third kappa shape index (κ3) is 4.58. The lowest BCUT2D eigenvalue weighted by atomic mass is 10.2. The summed E-state index contributed by atoms with van der Waals surface area (Å²) in [6.45, 7) is 0. The van der Waals surface area contributed by atoms with Gasteiger partial charge in [0.05, 0.1) is 6.34 Å². The monoisotopic (exact) mass is 179 g/mol. The van der Waals surface area contributed by atoms with E-state index >= 15 is 0 Å². The molecule has 0 unspecified atom stereocenters. The van der Waals surface area contributed by atoms with Gasteiger partial charge >= 0.3 is 0 Å². The molecule has 1 aromatic carbocycles. The first-order valence-corrected chi connectivity index (χ1v) is 3.72. The fraction of sp³-hybridized carbons (Fsp3) is 0.111. The molecule has 0 heterocycles. The van der Waals surface area contributed by atoms with Crippen LogP contribution < -0.4 is 11.1 Å². The van der Waals surface area contributed by atoms with Gasteiger partial charge in [-0.15, -0.1) is 0 Å². The molecule has 0 fully saturated rings. The number of hydrogen-bond donors (Lipinski definition) is 3. The molecule has 0 bridgehead atoms. The Bertz CT molecular complexity index is 256. The van der Waals surface area contributed by atoms with Crippen molar-refractivity contribution in [2.45, 2.75) is 0 Å². The Morgan fingerprint density at radius 3 is 2.15 bits per heavy atom. The fourth-order valence-corrected chi connectivity index (χ4v) is 0.728. The molecular formula is C9H13N3O. The molecule has 0 aliphatic rings. The smallest absolute Gasteiger partial charge is 0.150 e. The fourth-order valence-electron chi connectivity index (χ4n) is 0.728. The van der Waals surface area contributed by atoms with Crippen LogP contribution in [0, 0.1) is 5.41 Å². The lowest BCUT2D eigenvalue weighted by molar-refractivity contribution is 0.112. The van der Waals surface area contributed by atoms with Crippen molar-refractivity contribution in [3.8, 4) is 0 Å². The normalized spacial score (nSPS) is 7.77. The standard InChI is InChI=1S/C8H9NO.CH4N2/c1-9-8-4-2-7(6-10)3-5-8;2-1-3/h2-6,9H,1H3;1H,(H3,2,3). The number of hydrogen-bond acceptors (Lipinski definition) is 3. The highest BCUT2D eigenvalue weighted by atomic mass is 16.1. The minimum Gasteiger partial charge on any atom is -0.390 e. The van der Waals surface area contributed by atoms with Crippen LogP contribution in [0.5, 0.6) is 0 Å². The molecule has 0 spiro atoms. The van der Waals surface area contributed by atoms with Crippen molar-refractivity contribution >= 4 is 18.3 Å². The summed E-state index contributed by atoms with van der Waals surface area (Å²) in [5, 5.41) is 8.82. The number of benzene rings is 1. The van der Waals surface area contributed by atoms with Gasteiger partial charge in [0.25, 0.3) is 0 Å². The Morgan fingerprint density at radius 1 is 1.38 bits per heavy atom. The quantitative estimate of drug-likeness (QED) is 0.361. The summed E-state index contributed by atoms with van der Waals surface area (Å²) in [4.78, 5) is 10.2. The second-order valence-corrected chi connectivity index (χ2v) is 2.16. The SMILES string of the molecule is CNc1ccc(C=O)cc1.N=CN. The van der Waals surface area contributed by atoms with E-state index in [-0.39, 0.29) is 0 Å². The minimum atomic E-state index is 0.707. The van der Waals surface area contributed by atoms with Gasteiger partial charge in [0.1, 0.15) is 6.29 Å². The van der Waals surface area contributed by atoms with Gasteiger partial charge in [0.15, 0.2) is 0 Å². The zero-order valence-corrected chi connectivity index (χ0v) is 7.45. The van der Waals surface area contributed by atoms with E-state index in [0.717, 1.165) is 18.3 Å². The molecule has 0 aliphatic heterocycles. The van der Waals surface area contributed by atoms with Crippen LogP contribution in [0.15, 0.2) is 24.3 Å². The lowest BCUT2D eigenvalue weighted by Crippen LogP contribution is -1.87. The molecule has 1 rings (SSSR count). The van der Waals surface area contributed by atoms with Gasteiger partial charge in [-0.1, -0.05) is 0 Å². The molecule has 0 aliphatic carbocycles. The third-order valence-electron chi connectivity index (χ3n) is 1.34. The zero-order chi connectivity index (χ0) is 10.1. The van der Waals surface area contributed by atoms with E-state index in [0.29, 0.717) is 5.56 Å². The van der Waals surface area contributed by atoms with Gasteiger partial charge in [0, 0.05) is 18.3 Å². The van der Waals surface area contributed by atoms with Crippen molar-refractivity contribution in [1.82, 2.24) is 0 Å². The summed E-state index contributed by atoms with van der Waals surface area (Å²) in [5.41, 5.74) is 6.12. The van der Waals surface area contributed by atoms with Crippen molar-refractivity contribution in [2.75, 3.05) is 12.4 Å². The van der Waals surface area contributed by atoms with E-state index in [1.165, 1.54) is 0 Å². The highest BCUT2D eigenvalue weighted by Gasteiger charge is 1.87. The predicted octanol–water partition coefficient (Wildman–Crippen LogP) is 1.09.